The Bertz CT molecular complexity index is 2530. The van der Waals surface area contributed by atoms with Crippen molar-refractivity contribution in [2.45, 2.75) is 181 Å². The average molecular weight is 978 g/mol. The number of alkyl halides is 4. The molecule has 4 aliphatic rings. The number of benzene rings is 2. The van der Waals surface area contributed by atoms with Crippen LogP contribution in [-0.2, 0) is 33.5 Å². The van der Waals surface area contributed by atoms with Crippen molar-refractivity contribution in [3.05, 3.63) is 59.2 Å². The van der Waals surface area contributed by atoms with Crippen molar-refractivity contribution in [1.29, 1.82) is 0 Å². The lowest BCUT2D eigenvalue weighted by Gasteiger charge is -2.33. The zero-order valence-corrected chi connectivity index (χ0v) is 42.8. The van der Waals surface area contributed by atoms with Crippen molar-refractivity contribution in [3.63, 3.8) is 0 Å². The number of rotatable bonds is 8. The molecule has 0 bridgehead atoms. The summed E-state index contributed by atoms with van der Waals surface area (Å²) in [6.07, 6.45) is 4.02. The number of hydrogen-bond acceptors (Lipinski definition) is 6. The van der Waals surface area contributed by atoms with Crippen LogP contribution in [0.2, 0.25) is 0 Å². The van der Waals surface area contributed by atoms with Crippen LogP contribution in [-0.4, -0.2) is 101 Å². The Hall–Kier alpha value is -5.02. The van der Waals surface area contributed by atoms with Crippen LogP contribution < -0.4 is 5.32 Å². The Morgan fingerprint density at radius 1 is 0.586 bits per heavy atom. The number of halogens is 4. The van der Waals surface area contributed by atoms with E-state index in [1.54, 1.807) is 11.0 Å². The number of aromatic nitrogens is 4. The molecule has 2 aromatic carbocycles. The van der Waals surface area contributed by atoms with Crippen LogP contribution >= 0.6 is 0 Å². The quantitative estimate of drug-likeness (QED) is 0.167. The fraction of sp³-hybridized carbons (Fsp3) is 0.667. The molecule has 4 heterocycles. The first-order chi connectivity index (χ1) is 32.6. The lowest BCUT2D eigenvalue weighted by molar-refractivity contribution is -0.143. The van der Waals surface area contributed by atoms with Gasteiger partial charge in [0.25, 0.3) is 11.8 Å². The van der Waals surface area contributed by atoms with Crippen LogP contribution in [0.1, 0.15) is 172 Å². The van der Waals surface area contributed by atoms with Crippen molar-refractivity contribution in [3.8, 4) is 0 Å². The van der Waals surface area contributed by atoms with Gasteiger partial charge in [0.1, 0.15) is 11.6 Å². The molecule has 16 heteroatoms. The largest absolute Gasteiger partial charge is 0.481 e. The zero-order chi connectivity index (χ0) is 51.1. The van der Waals surface area contributed by atoms with Crippen LogP contribution in [0.15, 0.2) is 36.4 Å². The first-order valence-electron chi connectivity index (χ1n) is 25.5. The van der Waals surface area contributed by atoms with Gasteiger partial charge in [-0.25, -0.2) is 27.5 Å². The molecular formula is C54H75F4N7O5. The number of aliphatic carboxylic acids is 1. The minimum absolute atomic E-state index is 0.0436. The molecule has 2 aliphatic carbocycles. The minimum Gasteiger partial charge on any atom is -0.481 e. The van der Waals surface area contributed by atoms with Crippen molar-refractivity contribution in [2.24, 2.45) is 23.7 Å². The summed E-state index contributed by atoms with van der Waals surface area (Å²) in [5, 5.41) is 12.2. The van der Waals surface area contributed by atoms with Gasteiger partial charge in [-0.05, 0) is 120 Å². The molecule has 3 amide bonds. The monoisotopic (exact) mass is 978 g/mol. The molecule has 2 N–H and O–H groups in total. The highest BCUT2D eigenvalue weighted by Crippen LogP contribution is 2.40. The Kier molecular flexibility index (Phi) is 15.3. The maximum Gasteiger partial charge on any atom is 0.306 e. The molecule has 70 heavy (non-hydrogen) atoms. The molecule has 0 atom stereocenters. The summed E-state index contributed by atoms with van der Waals surface area (Å²) in [4.78, 5) is 63.4. The van der Waals surface area contributed by atoms with E-state index in [1.807, 2.05) is 56.0 Å². The summed E-state index contributed by atoms with van der Waals surface area (Å²) >= 11 is 0. The van der Waals surface area contributed by atoms with E-state index in [0.717, 1.165) is 33.7 Å². The van der Waals surface area contributed by atoms with E-state index in [4.69, 9.17) is 9.97 Å². The van der Waals surface area contributed by atoms with E-state index in [-0.39, 0.29) is 83.4 Å². The molecule has 2 aliphatic heterocycles. The lowest BCUT2D eigenvalue weighted by Crippen LogP contribution is -2.47. The number of piperidine rings is 2. The van der Waals surface area contributed by atoms with Crippen LogP contribution in [0.5, 0.6) is 0 Å². The summed E-state index contributed by atoms with van der Waals surface area (Å²) in [6.45, 7) is 21.7. The van der Waals surface area contributed by atoms with Crippen LogP contribution in [0.25, 0.3) is 22.1 Å². The zero-order valence-electron chi connectivity index (χ0n) is 42.8. The van der Waals surface area contributed by atoms with Gasteiger partial charge in [0.05, 0.1) is 28.0 Å². The third-order valence-electron chi connectivity index (χ3n) is 14.7. The van der Waals surface area contributed by atoms with Gasteiger partial charge in [0, 0.05) is 98.4 Å². The van der Waals surface area contributed by atoms with E-state index in [9.17, 15) is 41.8 Å². The number of amides is 3. The first-order valence-corrected chi connectivity index (χ1v) is 25.5. The van der Waals surface area contributed by atoms with E-state index in [2.05, 4.69) is 56.0 Å². The summed E-state index contributed by atoms with van der Waals surface area (Å²) in [5.41, 5.74) is 3.75. The minimum atomic E-state index is -2.55. The summed E-state index contributed by atoms with van der Waals surface area (Å²) < 4.78 is 59.0. The molecule has 2 saturated heterocycles. The Labute approximate surface area is 410 Å². The van der Waals surface area contributed by atoms with Gasteiger partial charge >= 0.3 is 5.97 Å². The second-order valence-electron chi connectivity index (χ2n) is 23.8. The first kappa shape index (κ1) is 52.8. The molecular weight excluding hydrogens is 903 g/mol. The number of carboxylic acids is 1. The second kappa shape index (κ2) is 20.2. The van der Waals surface area contributed by atoms with Gasteiger partial charge in [0.15, 0.2) is 0 Å². The fourth-order valence-electron chi connectivity index (χ4n) is 10.6. The lowest BCUT2D eigenvalue weighted by atomic mass is 9.86. The van der Waals surface area contributed by atoms with Crippen molar-refractivity contribution in [1.82, 2.24) is 34.2 Å². The average Bonchev–Trinajstić information content (AvgIpc) is 3.85. The number of nitrogens with one attached hydrogen (secondary N) is 1. The van der Waals surface area contributed by atoms with Gasteiger partial charge in [-0.2, -0.15) is 0 Å². The molecule has 384 valence electrons. The van der Waals surface area contributed by atoms with Crippen LogP contribution in [0.4, 0.5) is 17.6 Å². The molecule has 8 rings (SSSR count). The fourth-order valence-corrected chi connectivity index (χ4v) is 10.6. The number of carboxylic acid groups (broad SMARTS) is 1. The maximum atomic E-state index is 13.7. The third kappa shape index (κ3) is 12.7. The van der Waals surface area contributed by atoms with Crippen molar-refractivity contribution >= 4 is 45.8 Å². The van der Waals surface area contributed by atoms with Gasteiger partial charge < -0.3 is 29.4 Å². The maximum absolute atomic E-state index is 13.7. The van der Waals surface area contributed by atoms with E-state index in [1.165, 1.54) is 0 Å². The SMILES string of the molecule is CC(C)(C)NC(=O)C1CCN(C(=O)c2ccc3c(c2)nc(C(C)(C)C)n3CC2CCC(F)(F)CC2)CC1.CC(C)(C)c1nc2cc(C(=O)N3CCC(C(=O)O)CC3)ccc2n1CC1CCC(F)(F)CC1. The number of likely N-dealkylation sites (tertiary alicyclic amines) is 2. The van der Waals surface area contributed by atoms with E-state index in [0.29, 0.717) is 102 Å². The third-order valence-corrected chi connectivity index (χ3v) is 14.7. The molecule has 4 fully saturated rings. The Morgan fingerprint density at radius 3 is 1.27 bits per heavy atom. The molecule has 4 aromatic rings. The highest BCUT2D eigenvalue weighted by molar-refractivity contribution is 5.98. The number of carbonyl (C=O) groups is 4. The van der Waals surface area contributed by atoms with E-state index < -0.39 is 17.8 Å². The predicted molar refractivity (Wildman–Crippen MR) is 263 cm³/mol. The van der Waals surface area contributed by atoms with E-state index >= 15 is 0 Å². The number of hydrogen-bond donors (Lipinski definition) is 2. The van der Waals surface area contributed by atoms with Crippen LogP contribution in [0.3, 0.4) is 0 Å². The molecule has 0 unspecified atom stereocenters. The molecule has 2 saturated carbocycles. The van der Waals surface area contributed by atoms with Gasteiger partial charge in [-0.1, -0.05) is 41.5 Å². The second-order valence-corrected chi connectivity index (χ2v) is 23.8. The topological polar surface area (TPSA) is 143 Å². The standard InChI is InChI=1S/C29H42F2N4O2.C25H33F2N3O3/c1-27(2,3)26-32-22-17-21(7-8-23(22)35(26)18-19-9-13-29(30,31)14-10-19)25(37)34-15-11-20(12-16-34)24(36)33-28(4,5)6;1-24(2,3)23-28-19-14-18(21(31)29-12-8-17(9-13-29)22(32)33)4-5-20(19)30(23)15-16-6-10-25(26,27)11-7-16/h7-8,17,19-20H,9-16,18H2,1-6H3,(H,33,36);4-5,14,16-17H,6-13,15H2,1-3H3,(H,32,33). The highest BCUT2D eigenvalue weighted by atomic mass is 19.3. The van der Waals surface area contributed by atoms with Gasteiger partial charge in [-0.3, -0.25) is 19.2 Å². The van der Waals surface area contributed by atoms with Gasteiger partial charge in [-0.15, -0.1) is 0 Å². The summed E-state index contributed by atoms with van der Waals surface area (Å²) in [6, 6.07) is 11.2. The Balaban J connectivity index is 0.000000208. The van der Waals surface area contributed by atoms with Crippen LogP contribution in [0, 0.1) is 23.7 Å². The number of carbonyl (C=O) groups excluding carboxylic acids is 3. The smallest absolute Gasteiger partial charge is 0.306 e. The van der Waals surface area contributed by atoms with Crippen molar-refractivity contribution < 1.29 is 41.8 Å². The molecule has 2 aromatic heterocycles. The summed E-state index contributed by atoms with van der Waals surface area (Å²) in [5.74, 6) is -4.27. The normalized spacial score (nSPS) is 20.1. The molecule has 0 spiro atoms. The number of imidazole rings is 2. The van der Waals surface area contributed by atoms with Gasteiger partial charge in [0.2, 0.25) is 17.8 Å². The number of fused-ring (bicyclic) bond motifs is 2. The molecule has 0 radical (unpaired) electrons. The summed E-state index contributed by atoms with van der Waals surface area (Å²) in [7, 11) is 0. The Morgan fingerprint density at radius 2 is 0.943 bits per heavy atom. The molecule has 12 nitrogen and oxygen atoms in total. The highest BCUT2D eigenvalue weighted by Gasteiger charge is 2.38. The number of nitrogens with zero attached hydrogens (tertiary/aromatic N) is 6. The van der Waals surface area contributed by atoms with Crippen molar-refractivity contribution in [2.75, 3.05) is 26.2 Å². The predicted octanol–water partition coefficient (Wildman–Crippen LogP) is 11.0.